The normalized spacial score (nSPS) is 18.7. The van der Waals surface area contributed by atoms with Crippen molar-refractivity contribution in [3.63, 3.8) is 0 Å². The van der Waals surface area contributed by atoms with Gasteiger partial charge in [-0.3, -0.25) is 9.52 Å². The SMILES string of the molecule is CC1CN(C(=O)c2ccc(NS(=O)(=O)c3ccc(F)c(Cl)c3)cc2)CC(c2ccccc2)O1. The first-order valence-electron chi connectivity index (χ1n) is 10.3. The Bertz CT molecular complexity index is 1250. The summed E-state index contributed by atoms with van der Waals surface area (Å²) < 4.78 is 46.9. The first kappa shape index (κ1) is 23.2. The van der Waals surface area contributed by atoms with Gasteiger partial charge in [-0.05, 0) is 55.0 Å². The summed E-state index contributed by atoms with van der Waals surface area (Å²) in [7, 11) is -3.96. The molecule has 172 valence electrons. The third-order valence-corrected chi connectivity index (χ3v) is 6.97. The molecule has 1 aliphatic heterocycles. The molecule has 9 heteroatoms. The molecule has 0 aliphatic carbocycles. The van der Waals surface area contributed by atoms with E-state index in [0.29, 0.717) is 18.7 Å². The lowest BCUT2D eigenvalue weighted by Gasteiger charge is -2.37. The van der Waals surface area contributed by atoms with Crippen LogP contribution < -0.4 is 4.72 Å². The van der Waals surface area contributed by atoms with Gasteiger partial charge < -0.3 is 9.64 Å². The van der Waals surface area contributed by atoms with Gasteiger partial charge in [-0.25, -0.2) is 12.8 Å². The van der Waals surface area contributed by atoms with Crippen molar-refractivity contribution in [1.29, 1.82) is 0 Å². The number of amides is 1. The molecule has 1 aliphatic rings. The highest BCUT2D eigenvalue weighted by Crippen LogP contribution is 2.27. The van der Waals surface area contributed by atoms with Gasteiger partial charge in [0.2, 0.25) is 0 Å². The zero-order chi connectivity index (χ0) is 23.6. The van der Waals surface area contributed by atoms with E-state index in [1.54, 1.807) is 17.0 Å². The van der Waals surface area contributed by atoms with E-state index in [9.17, 15) is 17.6 Å². The summed E-state index contributed by atoms with van der Waals surface area (Å²) >= 11 is 5.69. The summed E-state index contributed by atoms with van der Waals surface area (Å²) in [6.45, 7) is 2.81. The van der Waals surface area contributed by atoms with Crippen molar-refractivity contribution in [2.75, 3.05) is 17.8 Å². The van der Waals surface area contributed by atoms with Crippen molar-refractivity contribution in [2.45, 2.75) is 24.0 Å². The minimum atomic E-state index is -3.96. The molecule has 0 aromatic heterocycles. The van der Waals surface area contributed by atoms with Crippen molar-refractivity contribution in [3.8, 4) is 0 Å². The van der Waals surface area contributed by atoms with Crippen LogP contribution in [-0.2, 0) is 14.8 Å². The van der Waals surface area contributed by atoms with E-state index in [-0.39, 0.29) is 33.7 Å². The lowest BCUT2D eigenvalue weighted by Crippen LogP contribution is -2.45. The quantitative estimate of drug-likeness (QED) is 0.555. The number of nitrogens with one attached hydrogen (secondary N) is 1. The van der Waals surface area contributed by atoms with Crippen LogP contribution in [0.4, 0.5) is 10.1 Å². The summed E-state index contributed by atoms with van der Waals surface area (Å²) in [5.74, 6) is -0.865. The number of rotatable bonds is 5. The lowest BCUT2D eigenvalue weighted by molar-refractivity contribution is -0.0691. The van der Waals surface area contributed by atoms with Crippen LogP contribution >= 0.6 is 11.6 Å². The number of carbonyl (C=O) groups is 1. The number of nitrogens with zero attached hydrogens (tertiary/aromatic N) is 1. The molecule has 2 atom stereocenters. The molecule has 1 N–H and O–H groups in total. The fourth-order valence-corrected chi connectivity index (χ4v) is 5.02. The Labute approximate surface area is 197 Å². The largest absolute Gasteiger partial charge is 0.367 e. The molecule has 4 rings (SSSR count). The van der Waals surface area contributed by atoms with Gasteiger partial charge in [-0.2, -0.15) is 0 Å². The molecule has 0 saturated carbocycles. The number of carbonyl (C=O) groups excluding carboxylic acids is 1. The average Bonchev–Trinajstić information content (AvgIpc) is 2.81. The molecular formula is C24H22ClFN2O4S. The van der Waals surface area contributed by atoms with Gasteiger partial charge in [0.25, 0.3) is 15.9 Å². The number of benzene rings is 3. The van der Waals surface area contributed by atoms with Crippen molar-refractivity contribution in [3.05, 3.63) is 94.8 Å². The zero-order valence-corrected chi connectivity index (χ0v) is 19.3. The third-order valence-electron chi connectivity index (χ3n) is 5.30. The van der Waals surface area contributed by atoms with E-state index in [2.05, 4.69) is 4.72 Å². The molecule has 0 radical (unpaired) electrons. The van der Waals surface area contributed by atoms with Crippen LogP contribution in [-0.4, -0.2) is 38.4 Å². The molecule has 3 aromatic carbocycles. The summed E-state index contributed by atoms with van der Waals surface area (Å²) in [4.78, 5) is 14.7. The Morgan fingerprint density at radius 1 is 1.06 bits per heavy atom. The summed E-state index contributed by atoms with van der Waals surface area (Å²) in [6, 6.07) is 19.1. The Hall–Kier alpha value is -2.94. The number of halogens is 2. The van der Waals surface area contributed by atoms with Crippen molar-refractivity contribution in [1.82, 2.24) is 4.90 Å². The minimum Gasteiger partial charge on any atom is -0.367 e. The molecule has 6 nitrogen and oxygen atoms in total. The van der Waals surface area contributed by atoms with E-state index >= 15 is 0 Å². The topological polar surface area (TPSA) is 75.7 Å². The molecule has 0 spiro atoms. The predicted octanol–water partition coefficient (Wildman–Crippen LogP) is 4.88. The first-order chi connectivity index (χ1) is 15.7. The predicted molar refractivity (Wildman–Crippen MR) is 124 cm³/mol. The maximum atomic E-state index is 13.3. The standard InChI is InChI=1S/C24H22ClFN2O4S/c1-16-14-28(15-23(32-16)17-5-3-2-4-6-17)24(29)18-7-9-19(10-8-18)27-33(30,31)20-11-12-22(26)21(25)13-20/h2-13,16,23,27H,14-15H2,1H3. The number of morpholine rings is 1. The highest BCUT2D eigenvalue weighted by atomic mass is 35.5. The second-order valence-electron chi connectivity index (χ2n) is 7.81. The van der Waals surface area contributed by atoms with Crippen LogP contribution in [0.15, 0.2) is 77.7 Å². The van der Waals surface area contributed by atoms with Crippen molar-refractivity contribution in [2.24, 2.45) is 0 Å². The average molecular weight is 489 g/mol. The molecule has 0 bridgehead atoms. The molecular weight excluding hydrogens is 467 g/mol. The highest BCUT2D eigenvalue weighted by molar-refractivity contribution is 7.92. The van der Waals surface area contributed by atoms with Gasteiger partial charge in [0.15, 0.2) is 0 Å². The second kappa shape index (κ2) is 9.51. The van der Waals surface area contributed by atoms with Gasteiger partial charge in [-0.1, -0.05) is 41.9 Å². The van der Waals surface area contributed by atoms with E-state index in [1.807, 2.05) is 37.3 Å². The lowest BCUT2D eigenvalue weighted by atomic mass is 10.1. The third kappa shape index (κ3) is 5.35. The number of hydrogen-bond donors (Lipinski definition) is 1. The molecule has 1 saturated heterocycles. The Kier molecular flexibility index (Phi) is 6.69. The first-order valence-corrected chi connectivity index (χ1v) is 12.2. The smallest absolute Gasteiger partial charge is 0.261 e. The molecule has 33 heavy (non-hydrogen) atoms. The van der Waals surface area contributed by atoms with E-state index in [4.69, 9.17) is 16.3 Å². The summed E-state index contributed by atoms with van der Waals surface area (Å²) in [5, 5.41) is -0.285. The van der Waals surface area contributed by atoms with E-state index < -0.39 is 15.8 Å². The van der Waals surface area contributed by atoms with E-state index in [1.165, 1.54) is 12.1 Å². The van der Waals surface area contributed by atoms with Crippen LogP contribution in [0.25, 0.3) is 0 Å². The number of anilines is 1. The van der Waals surface area contributed by atoms with E-state index in [0.717, 1.165) is 23.8 Å². The van der Waals surface area contributed by atoms with Crippen LogP contribution in [0.5, 0.6) is 0 Å². The minimum absolute atomic E-state index is 0.124. The Morgan fingerprint density at radius 3 is 2.42 bits per heavy atom. The van der Waals surface area contributed by atoms with Crippen LogP contribution in [0.3, 0.4) is 0 Å². The fraction of sp³-hybridized carbons (Fsp3) is 0.208. The van der Waals surface area contributed by atoms with Crippen molar-refractivity contribution >= 4 is 33.2 Å². The van der Waals surface area contributed by atoms with Crippen LogP contribution in [0, 0.1) is 5.82 Å². The highest BCUT2D eigenvalue weighted by Gasteiger charge is 2.30. The maximum absolute atomic E-state index is 13.3. The summed E-state index contributed by atoms with van der Waals surface area (Å²) in [5.41, 5.74) is 1.71. The Balaban J connectivity index is 1.47. The van der Waals surface area contributed by atoms with Gasteiger partial charge in [0.05, 0.1) is 22.6 Å². The Morgan fingerprint density at radius 2 is 1.76 bits per heavy atom. The maximum Gasteiger partial charge on any atom is 0.261 e. The van der Waals surface area contributed by atoms with Crippen LogP contribution in [0.2, 0.25) is 5.02 Å². The fourth-order valence-electron chi connectivity index (χ4n) is 3.69. The molecule has 1 amide bonds. The number of ether oxygens (including phenoxy) is 1. The van der Waals surface area contributed by atoms with Crippen LogP contribution in [0.1, 0.15) is 28.9 Å². The van der Waals surface area contributed by atoms with Crippen molar-refractivity contribution < 1.29 is 22.3 Å². The number of hydrogen-bond acceptors (Lipinski definition) is 4. The number of sulfonamides is 1. The molecule has 1 heterocycles. The van der Waals surface area contributed by atoms with Gasteiger partial charge in [-0.15, -0.1) is 0 Å². The van der Waals surface area contributed by atoms with Gasteiger partial charge >= 0.3 is 0 Å². The van der Waals surface area contributed by atoms with Gasteiger partial charge in [0.1, 0.15) is 11.9 Å². The molecule has 1 fully saturated rings. The molecule has 2 unspecified atom stereocenters. The monoisotopic (exact) mass is 488 g/mol. The molecule has 3 aromatic rings. The second-order valence-corrected chi connectivity index (χ2v) is 9.90. The van der Waals surface area contributed by atoms with Gasteiger partial charge in [0, 0.05) is 17.8 Å². The zero-order valence-electron chi connectivity index (χ0n) is 17.7. The summed E-state index contributed by atoms with van der Waals surface area (Å²) in [6.07, 6.45) is -0.339.